The van der Waals surface area contributed by atoms with E-state index in [4.69, 9.17) is 14.2 Å². The van der Waals surface area contributed by atoms with Gasteiger partial charge in [-0.25, -0.2) is 23.4 Å². The van der Waals surface area contributed by atoms with Crippen molar-refractivity contribution in [1.82, 2.24) is 15.0 Å². The van der Waals surface area contributed by atoms with Crippen LogP contribution in [0.15, 0.2) is 36.7 Å². The molecule has 0 aliphatic carbocycles. The minimum Gasteiger partial charge on any atom is -0.493 e. The van der Waals surface area contributed by atoms with Gasteiger partial charge in [-0.15, -0.1) is 11.3 Å². The largest absolute Gasteiger partial charge is 0.493 e. The summed E-state index contributed by atoms with van der Waals surface area (Å²) < 4.78 is 40.9. The predicted molar refractivity (Wildman–Crippen MR) is 120 cm³/mol. The molecule has 2 heterocycles. The second-order valence-electron chi connectivity index (χ2n) is 7.00. The molecule has 4 aromatic rings. The molecular weight excluding hydrogens is 438 g/mol. The third-order valence-corrected chi connectivity index (χ3v) is 6.46. The van der Waals surface area contributed by atoms with Crippen LogP contribution in [0, 0.1) is 6.92 Å². The second-order valence-corrected chi connectivity index (χ2v) is 10.5. The Hall–Kier alpha value is -2.98. The van der Waals surface area contributed by atoms with Crippen LogP contribution in [0.5, 0.6) is 23.1 Å². The summed E-state index contributed by atoms with van der Waals surface area (Å²) in [5.41, 5.74) is 1.50. The van der Waals surface area contributed by atoms with Crippen molar-refractivity contribution in [3.63, 3.8) is 0 Å². The molecule has 0 bridgehead atoms. The van der Waals surface area contributed by atoms with Gasteiger partial charge in [-0.1, -0.05) is 0 Å². The van der Waals surface area contributed by atoms with Crippen LogP contribution in [0.3, 0.4) is 0 Å². The molecule has 10 heteroatoms. The quantitative estimate of drug-likeness (QED) is 0.362. The Balaban J connectivity index is 1.60. The molecule has 0 N–H and O–H groups in total. The van der Waals surface area contributed by atoms with Gasteiger partial charge in [-0.3, -0.25) is 0 Å². The van der Waals surface area contributed by atoms with Gasteiger partial charge < -0.3 is 14.2 Å². The molecule has 0 fully saturated rings. The summed E-state index contributed by atoms with van der Waals surface area (Å²) in [7, 11) is -1.49. The number of nitrogens with zero attached hydrogens (tertiary/aromatic N) is 3. The van der Waals surface area contributed by atoms with E-state index in [0.29, 0.717) is 40.5 Å². The van der Waals surface area contributed by atoms with Crippen LogP contribution in [0.4, 0.5) is 0 Å². The van der Waals surface area contributed by atoms with Crippen molar-refractivity contribution in [2.45, 2.75) is 13.3 Å². The zero-order chi connectivity index (χ0) is 22.0. The Morgan fingerprint density at radius 3 is 2.68 bits per heavy atom. The van der Waals surface area contributed by atoms with Gasteiger partial charge in [0.25, 0.3) is 0 Å². The number of hydrogen-bond donors (Lipinski definition) is 0. The normalized spacial score (nSPS) is 11.7. The molecule has 0 amide bonds. The average molecular weight is 460 g/mol. The molecule has 0 radical (unpaired) electrons. The number of methoxy groups -OCH3 is 1. The molecule has 4 rings (SSSR count). The van der Waals surface area contributed by atoms with Gasteiger partial charge in [-0.2, -0.15) is 0 Å². The Labute approximate surface area is 183 Å². The molecule has 2 aromatic heterocycles. The van der Waals surface area contributed by atoms with Gasteiger partial charge in [-0.05, 0) is 31.5 Å². The summed E-state index contributed by atoms with van der Waals surface area (Å²) in [6, 6.07) is 9.22. The van der Waals surface area contributed by atoms with Crippen LogP contribution in [0.25, 0.3) is 21.1 Å². The molecule has 8 nitrogen and oxygen atoms in total. The molecule has 0 atom stereocenters. The fraction of sp³-hybridized carbons (Fsp3) is 0.286. The number of ether oxygens (including phenoxy) is 3. The number of sulfone groups is 1. The van der Waals surface area contributed by atoms with Gasteiger partial charge in [0.15, 0.2) is 11.5 Å². The highest BCUT2D eigenvalue weighted by molar-refractivity contribution is 7.90. The maximum atomic E-state index is 11.3. The van der Waals surface area contributed by atoms with Gasteiger partial charge >= 0.3 is 0 Å². The molecule has 2 aromatic carbocycles. The number of benzene rings is 2. The monoisotopic (exact) mass is 459 g/mol. The Morgan fingerprint density at radius 2 is 1.90 bits per heavy atom. The standard InChI is InChI=1S/C21H21N3O5S2/c1-13-24-17-9-14(5-6-20(17)30-13)29-21-15-10-18(27-2)19(11-16(15)22-12-23-21)28-7-4-8-31(3,25)26/h5-6,9-12H,4,7-8H2,1-3H3. The van der Waals surface area contributed by atoms with Gasteiger partial charge in [0.1, 0.15) is 21.9 Å². The molecule has 31 heavy (non-hydrogen) atoms. The number of aromatic nitrogens is 3. The lowest BCUT2D eigenvalue weighted by Crippen LogP contribution is -2.08. The summed E-state index contributed by atoms with van der Waals surface area (Å²) >= 11 is 1.63. The summed E-state index contributed by atoms with van der Waals surface area (Å²) in [6.07, 6.45) is 3.01. The number of aryl methyl sites for hydroxylation is 1. The molecule has 0 spiro atoms. The van der Waals surface area contributed by atoms with Crippen molar-refractivity contribution in [1.29, 1.82) is 0 Å². The van der Waals surface area contributed by atoms with E-state index in [9.17, 15) is 8.42 Å². The van der Waals surface area contributed by atoms with Gasteiger partial charge in [0.2, 0.25) is 5.88 Å². The Bertz CT molecular complexity index is 1350. The van der Waals surface area contributed by atoms with Crippen LogP contribution in [0.2, 0.25) is 0 Å². The lowest BCUT2D eigenvalue weighted by atomic mass is 10.2. The van der Waals surface area contributed by atoms with E-state index < -0.39 is 9.84 Å². The highest BCUT2D eigenvalue weighted by atomic mass is 32.2. The molecule has 0 aliphatic heterocycles. The van der Waals surface area contributed by atoms with Crippen molar-refractivity contribution in [3.8, 4) is 23.1 Å². The van der Waals surface area contributed by atoms with E-state index in [1.807, 2.05) is 25.1 Å². The minimum absolute atomic E-state index is 0.0614. The predicted octanol–water partition coefficient (Wildman–Crippen LogP) is 4.16. The molecule has 0 unspecified atom stereocenters. The summed E-state index contributed by atoms with van der Waals surface area (Å²) in [5.74, 6) is 2.03. The van der Waals surface area contributed by atoms with E-state index in [2.05, 4.69) is 15.0 Å². The fourth-order valence-corrected chi connectivity index (χ4v) is 4.54. The van der Waals surface area contributed by atoms with Crippen LogP contribution >= 0.6 is 11.3 Å². The second kappa shape index (κ2) is 8.64. The number of fused-ring (bicyclic) bond motifs is 2. The van der Waals surface area contributed by atoms with E-state index in [0.717, 1.165) is 15.2 Å². The zero-order valence-corrected chi connectivity index (χ0v) is 18.9. The van der Waals surface area contributed by atoms with Crippen molar-refractivity contribution in [2.24, 2.45) is 0 Å². The van der Waals surface area contributed by atoms with Crippen molar-refractivity contribution < 1.29 is 22.6 Å². The molecule has 0 aliphatic rings. The van der Waals surface area contributed by atoms with E-state index in [1.54, 1.807) is 23.5 Å². The third kappa shape index (κ3) is 5.02. The highest BCUT2D eigenvalue weighted by Gasteiger charge is 2.14. The molecule has 0 saturated heterocycles. The van der Waals surface area contributed by atoms with Crippen LogP contribution < -0.4 is 14.2 Å². The number of rotatable bonds is 8. The summed E-state index contributed by atoms with van der Waals surface area (Å²) in [5, 5.41) is 1.66. The average Bonchev–Trinajstić information content (AvgIpc) is 3.09. The zero-order valence-electron chi connectivity index (χ0n) is 17.3. The minimum atomic E-state index is -3.03. The van der Waals surface area contributed by atoms with Crippen molar-refractivity contribution >= 4 is 42.3 Å². The molecule has 0 saturated carbocycles. The molecule has 162 valence electrons. The molecular formula is C21H21N3O5S2. The van der Waals surface area contributed by atoms with Crippen LogP contribution in [-0.2, 0) is 9.84 Å². The van der Waals surface area contributed by atoms with Gasteiger partial charge in [0, 0.05) is 18.4 Å². The first kappa shape index (κ1) is 21.3. The maximum Gasteiger partial charge on any atom is 0.230 e. The topological polar surface area (TPSA) is 100 Å². The SMILES string of the molecule is COc1cc2c(Oc3ccc4sc(C)nc4c3)ncnc2cc1OCCCS(C)(=O)=O. The smallest absolute Gasteiger partial charge is 0.230 e. The van der Waals surface area contributed by atoms with E-state index in [-0.39, 0.29) is 12.4 Å². The first-order valence-electron chi connectivity index (χ1n) is 9.51. The van der Waals surface area contributed by atoms with Crippen molar-refractivity contribution in [2.75, 3.05) is 25.7 Å². The Kier molecular flexibility index (Phi) is 5.92. The third-order valence-electron chi connectivity index (χ3n) is 4.48. The van der Waals surface area contributed by atoms with Crippen LogP contribution in [-0.4, -0.2) is 49.1 Å². The highest BCUT2D eigenvalue weighted by Crippen LogP contribution is 2.36. The summed E-state index contributed by atoms with van der Waals surface area (Å²) in [6.45, 7) is 2.21. The summed E-state index contributed by atoms with van der Waals surface area (Å²) in [4.78, 5) is 13.1. The van der Waals surface area contributed by atoms with Crippen LogP contribution in [0.1, 0.15) is 11.4 Å². The maximum absolute atomic E-state index is 11.3. The lowest BCUT2D eigenvalue weighted by molar-refractivity contribution is 0.295. The first-order chi connectivity index (χ1) is 14.8. The Morgan fingerprint density at radius 1 is 1.06 bits per heavy atom. The fourth-order valence-electron chi connectivity index (χ4n) is 3.09. The van der Waals surface area contributed by atoms with Gasteiger partial charge in [0.05, 0.1) is 45.6 Å². The number of thiazole rings is 1. The first-order valence-corrected chi connectivity index (χ1v) is 12.4. The lowest BCUT2D eigenvalue weighted by Gasteiger charge is -2.13. The van der Waals surface area contributed by atoms with Crippen molar-refractivity contribution in [3.05, 3.63) is 41.7 Å². The number of hydrogen-bond acceptors (Lipinski definition) is 9. The van der Waals surface area contributed by atoms with E-state index >= 15 is 0 Å². The van der Waals surface area contributed by atoms with E-state index in [1.165, 1.54) is 19.7 Å².